The molecule has 1 aliphatic heterocycles. The number of halogens is 1. The van der Waals surface area contributed by atoms with E-state index in [4.69, 9.17) is 9.47 Å². The molecule has 0 spiro atoms. The van der Waals surface area contributed by atoms with Gasteiger partial charge in [0.25, 0.3) is 11.8 Å². The fraction of sp³-hybridized carbons (Fsp3) is 0.476. The molecule has 2 bridgehead atoms. The Labute approximate surface area is 171 Å². The third-order valence-electron chi connectivity index (χ3n) is 6.50. The van der Waals surface area contributed by atoms with Crippen LogP contribution in [0.3, 0.4) is 0 Å². The van der Waals surface area contributed by atoms with Crippen molar-refractivity contribution in [1.29, 1.82) is 0 Å². The zero-order chi connectivity index (χ0) is 19.6. The zero-order valence-corrected chi connectivity index (χ0v) is 17.3. The first kappa shape index (κ1) is 17.9. The third kappa shape index (κ3) is 2.48. The number of hydrogen-bond acceptors (Lipinski definition) is 5. The van der Waals surface area contributed by atoms with Crippen LogP contribution in [0.4, 0.5) is 0 Å². The van der Waals surface area contributed by atoms with Crippen LogP contribution in [-0.4, -0.2) is 36.8 Å². The lowest BCUT2D eigenvalue weighted by Gasteiger charge is -2.37. The number of imide groups is 1. The van der Waals surface area contributed by atoms with Crippen molar-refractivity contribution in [1.82, 2.24) is 5.01 Å². The molecule has 1 heterocycles. The molecule has 1 saturated heterocycles. The van der Waals surface area contributed by atoms with Gasteiger partial charge >= 0.3 is 0 Å². The largest absolute Gasteiger partial charge is 0.493 e. The van der Waals surface area contributed by atoms with Crippen molar-refractivity contribution in [2.24, 2.45) is 40.6 Å². The van der Waals surface area contributed by atoms with Crippen LogP contribution in [0, 0.1) is 35.5 Å². The second-order valence-corrected chi connectivity index (χ2v) is 8.71. The van der Waals surface area contributed by atoms with E-state index in [1.54, 1.807) is 13.2 Å². The highest BCUT2D eigenvalue weighted by Gasteiger charge is 2.67. The lowest BCUT2D eigenvalue weighted by Crippen LogP contribution is -2.40. The molecule has 6 rings (SSSR count). The van der Waals surface area contributed by atoms with Gasteiger partial charge in [-0.2, -0.15) is 10.1 Å². The highest BCUT2D eigenvalue weighted by Crippen LogP contribution is 2.65. The number of ether oxygens (including phenoxy) is 2. The van der Waals surface area contributed by atoms with Crippen LogP contribution in [0.5, 0.6) is 11.5 Å². The minimum absolute atomic E-state index is 0.159. The highest BCUT2D eigenvalue weighted by molar-refractivity contribution is 9.10. The number of hydrazone groups is 1. The van der Waals surface area contributed by atoms with Crippen LogP contribution in [0.25, 0.3) is 0 Å². The van der Waals surface area contributed by atoms with E-state index < -0.39 is 0 Å². The van der Waals surface area contributed by atoms with Gasteiger partial charge in [-0.15, -0.1) is 0 Å². The van der Waals surface area contributed by atoms with Gasteiger partial charge in [-0.25, -0.2) is 0 Å². The maximum absolute atomic E-state index is 13.0. The molecule has 2 amide bonds. The fourth-order valence-corrected chi connectivity index (χ4v) is 5.85. The summed E-state index contributed by atoms with van der Waals surface area (Å²) in [7, 11) is 1.57. The standard InChI is InChI=1S/C21H21BrN2O4/c1-3-28-19-15(22)6-10(7-16(19)27-2)9-23-24-20(25)17-11-4-5-12(14-8-13(11)14)18(17)21(24)26/h4-7,9,11-14,17-18H,3,8H2,1-2H3/b23-9-/t11-,12+,13-,14-,17+,18-/m1/s1. The number of allylic oxidation sites excluding steroid dienone is 2. The van der Waals surface area contributed by atoms with E-state index in [0.717, 1.165) is 15.9 Å². The average Bonchev–Trinajstić information content (AvgIpc) is 3.47. The number of amides is 2. The molecule has 5 aliphatic rings. The Morgan fingerprint density at radius 1 is 1.18 bits per heavy atom. The van der Waals surface area contributed by atoms with Crippen molar-refractivity contribution in [3.63, 3.8) is 0 Å². The molecular formula is C21H21BrN2O4. The molecule has 0 radical (unpaired) electrons. The lowest BCUT2D eigenvalue weighted by atomic mass is 9.63. The zero-order valence-electron chi connectivity index (χ0n) is 15.7. The van der Waals surface area contributed by atoms with Crippen molar-refractivity contribution >= 4 is 34.0 Å². The highest BCUT2D eigenvalue weighted by atomic mass is 79.9. The molecule has 7 heteroatoms. The SMILES string of the molecule is CCOc1c(Br)cc(/C=N\N2C(=O)[C@@H]3[C@H]4C=C[C@H]([C@H]5C[C@H]45)[C@@H]3C2=O)cc1OC. The quantitative estimate of drug-likeness (QED) is 0.397. The smallest absolute Gasteiger partial charge is 0.254 e. The number of methoxy groups -OCH3 is 1. The second kappa shape index (κ2) is 6.44. The van der Waals surface area contributed by atoms with Crippen molar-refractivity contribution in [3.05, 3.63) is 34.3 Å². The van der Waals surface area contributed by atoms with E-state index in [-0.39, 0.29) is 35.5 Å². The molecule has 146 valence electrons. The molecule has 1 aromatic rings. The molecule has 2 saturated carbocycles. The Morgan fingerprint density at radius 2 is 1.82 bits per heavy atom. The number of benzene rings is 1. The molecule has 0 N–H and O–H groups in total. The van der Waals surface area contributed by atoms with Crippen molar-refractivity contribution in [2.75, 3.05) is 13.7 Å². The summed E-state index contributed by atoms with van der Waals surface area (Å²) in [5.74, 6) is 1.98. The summed E-state index contributed by atoms with van der Waals surface area (Å²) in [5.41, 5.74) is 0.714. The van der Waals surface area contributed by atoms with E-state index >= 15 is 0 Å². The Bertz CT molecular complexity index is 891. The van der Waals surface area contributed by atoms with E-state index in [9.17, 15) is 9.59 Å². The van der Waals surface area contributed by atoms with Crippen LogP contribution in [-0.2, 0) is 9.59 Å². The molecule has 28 heavy (non-hydrogen) atoms. The van der Waals surface area contributed by atoms with Gasteiger partial charge in [-0.05, 0) is 70.6 Å². The van der Waals surface area contributed by atoms with E-state index in [1.165, 1.54) is 6.21 Å². The molecular weight excluding hydrogens is 424 g/mol. The fourth-order valence-electron chi connectivity index (χ4n) is 5.28. The van der Waals surface area contributed by atoms with E-state index in [0.29, 0.717) is 35.5 Å². The molecule has 0 unspecified atom stereocenters. The van der Waals surface area contributed by atoms with Crippen LogP contribution >= 0.6 is 15.9 Å². The molecule has 3 fully saturated rings. The first-order chi connectivity index (χ1) is 13.5. The average molecular weight is 445 g/mol. The van der Waals surface area contributed by atoms with Gasteiger partial charge in [-0.3, -0.25) is 9.59 Å². The summed E-state index contributed by atoms with van der Waals surface area (Å²) in [4.78, 5) is 25.9. The first-order valence-corrected chi connectivity index (χ1v) is 10.4. The summed E-state index contributed by atoms with van der Waals surface area (Å²) >= 11 is 3.48. The number of carbonyl (C=O) groups is 2. The van der Waals surface area contributed by atoms with Gasteiger partial charge < -0.3 is 9.47 Å². The van der Waals surface area contributed by atoms with Gasteiger partial charge in [0, 0.05) is 0 Å². The molecule has 6 nitrogen and oxygen atoms in total. The maximum atomic E-state index is 13.0. The van der Waals surface area contributed by atoms with Crippen LogP contribution in [0.15, 0.2) is 33.9 Å². The Balaban J connectivity index is 1.41. The van der Waals surface area contributed by atoms with Gasteiger partial charge in [0.05, 0.1) is 36.2 Å². The topological polar surface area (TPSA) is 68.2 Å². The molecule has 4 aliphatic carbocycles. The number of nitrogens with zero attached hydrogens (tertiary/aromatic N) is 2. The van der Waals surface area contributed by atoms with E-state index in [1.807, 2.05) is 13.0 Å². The predicted molar refractivity (Wildman–Crippen MR) is 106 cm³/mol. The van der Waals surface area contributed by atoms with Crippen molar-refractivity contribution < 1.29 is 19.1 Å². The van der Waals surface area contributed by atoms with Crippen LogP contribution < -0.4 is 9.47 Å². The van der Waals surface area contributed by atoms with Crippen LogP contribution in [0.2, 0.25) is 0 Å². The third-order valence-corrected chi connectivity index (χ3v) is 7.09. The van der Waals surface area contributed by atoms with Gasteiger partial charge in [0.1, 0.15) is 0 Å². The normalized spacial score (nSPS) is 34.8. The summed E-state index contributed by atoms with van der Waals surface area (Å²) in [6.07, 6.45) is 7.00. The predicted octanol–water partition coefficient (Wildman–Crippen LogP) is 3.24. The summed E-state index contributed by atoms with van der Waals surface area (Å²) < 4.78 is 11.7. The van der Waals surface area contributed by atoms with Gasteiger partial charge in [0.15, 0.2) is 11.5 Å². The maximum Gasteiger partial charge on any atom is 0.254 e. The van der Waals surface area contributed by atoms with Crippen molar-refractivity contribution in [3.8, 4) is 11.5 Å². The van der Waals surface area contributed by atoms with Gasteiger partial charge in [-0.1, -0.05) is 12.2 Å². The number of carbonyl (C=O) groups excluding carboxylic acids is 2. The monoisotopic (exact) mass is 444 g/mol. The minimum Gasteiger partial charge on any atom is -0.493 e. The summed E-state index contributed by atoms with van der Waals surface area (Å²) in [5, 5.41) is 5.36. The van der Waals surface area contributed by atoms with E-state index in [2.05, 4.69) is 33.2 Å². The second-order valence-electron chi connectivity index (χ2n) is 7.85. The number of rotatable bonds is 5. The Hall–Kier alpha value is -2.15. The van der Waals surface area contributed by atoms with Gasteiger partial charge in [0.2, 0.25) is 0 Å². The minimum atomic E-state index is -0.231. The number of hydrogen-bond donors (Lipinski definition) is 0. The summed E-state index contributed by atoms with van der Waals surface area (Å²) in [6, 6.07) is 3.60. The molecule has 1 aromatic carbocycles. The lowest BCUT2D eigenvalue weighted by molar-refractivity contribution is -0.140. The van der Waals surface area contributed by atoms with Crippen molar-refractivity contribution in [2.45, 2.75) is 13.3 Å². The molecule has 6 atom stereocenters. The van der Waals surface area contributed by atoms with Crippen LogP contribution in [0.1, 0.15) is 18.9 Å². The first-order valence-electron chi connectivity index (χ1n) is 9.65. The Morgan fingerprint density at radius 3 is 2.39 bits per heavy atom. The molecule has 0 aromatic heterocycles. The Kier molecular flexibility index (Phi) is 4.12. The summed E-state index contributed by atoms with van der Waals surface area (Å²) in [6.45, 7) is 2.41.